The van der Waals surface area contributed by atoms with Crippen LogP contribution in [0.1, 0.15) is 32.6 Å². The number of likely N-dealkylation sites (tertiary alicyclic amines) is 1. The molecule has 0 radical (unpaired) electrons. The summed E-state index contributed by atoms with van der Waals surface area (Å²) in [6.07, 6.45) is 5.20. The number of nitrogens with zero attached hydrogens (tertiary/aromatic N) is 2. The zero-order valence-corrected chi connectivity index (χ0v) is 11.3. The summed E-state index contributed by atoms with van der Waals surface area (Å²) < 4.78 is 0. The minimum atomic E-state index is 0.722. The second kappa shape index (κ2) is 7.25. The maximum atomic E-state index is 5.75. The Labute approximate surface area is 101 Å². The third kappa shape index (κ3) is 4.40. The van der Waals surface area contributed by atoms with Gasteiger partial charge in [-0.1, -0.05) is 13.3 Å². The smallest absolute Gasteiger partial charge is 0.0217 e. The molecule has 16 heavy (non-hydrogen) atoms. The van der Waals surface area contributed by atoms with Crippen LogP contribution in [0, 0.1) is 5.92 Å². The van der Waals surface area contributed by atoms with Crippen molar-refractivity contribution in [3.8, 4) is 0 Å². The molecule has 0 saturated carbocycles. The molecule has 0 aliphatic carbocycles. The Morgan fingerprint density at radius 1 is 1.44 bits per heavy atom. The molecule has 96 valence electrons. The van der Waals surface area contributed by atoms with Gasteiger partial charge in [-0.3, -0.25) is 0 Å². The van der Waals surface area contributed by atoms with Crippen LogP contribution >= 0.6 is 0 Å². The first kappa shape index (κ1) is 13.9. The minimum absolute atomic E-state index is 0.722. The van der Waals surface area contributed by atoms with Crippen LogP contribution in [0.4, 0.5) is 0 Å². The maximum absolute atomic E-state index is 5.75. The zero-order valence-electron chi connectivity index (χ0n) is 11.3. The van der Waals surface area contributed by atoms with Crippen LogP contribution in [0.3, 0.4) is 0 Å². The highest BCUT2D eigenvalue weighted by atomic mass is 15.2. The Bertz CT molecular complexity index is 178. The Morgan fingerprint density at radius 3 is 2.75 bits per heavy atom. The maximum Gasteiger partial charge on any atom is 0.0217 e. The van der Waals surface area contributed by atoms with E-state index in [-0.39, 0.29) is 0 Å². The van der Waals surface area contributed by atoms with Crippen molar-refractivity contribution in [3.63, 3.8) is 0 Å². The lowest BCUT2D eigenvalue weighted by molar-refractivity contribution is 0.127. The molecule has 1 heterocycles. The number of hydrogen-bond acceptors (Lipinski definition) is 3. The SMILES string of the molecule is CCC(CN)CCN1CCCC(N(C)C)C1. The normalized spacial score (nSPS) is 24.9. The molecule has 2 atom stereocenters. The van der Waals surface area contributed by atoms with Crippen LogP contribution in [-0.4, -0.2) is 56.1 Å². The van der Waals surface area contributed by atoms with Gasteiger partial charge < -0.3 is 15.5 Å². The number of nitrogens with two attached hydrogens (primary N) is 1. The fourth-order valence-electron chi connectivity index (χ4n) is 2.51. The molecule has 2 unspecified atom stereocenters. The Balaban J connectivity index is 2.26. The van der Waals surface area contributed by atoms with Crippen LogP contribution in [0.2, 0.25) is 0 Å². The quantitative estimate of drug-likeness (QED) is 0.744. The van der Waals surface area contributed by atoms with Crippen molar-refractivity contribution in [1.82, 2.24) is 9.80 Å². The summed E-state index contributed by atoms with van der Waals surface area (Å²) in [5, 5.41) is 0. The minimum Gasteiger partial charge on any atom is -0.330 e. The molecule has 3 heteroatoms. The molecule has 3 nitrogen and oxygen atoms in total. The van der Waals surface area contributed by atoms with E-state index < -0.39 is 0 Å². The topological polar surface area (TPSA) is 32.5 Å². The van der Waals surface area contributed by atoms with Crippen molar-refractivity contribution in [3.05, 3.63) is 0 Å². The van der Waals surface area contributed by atoms with Gasteiger partial charge in [0.25, 0.3) is 0 Å². The summed E-state index contributed by atoms with van der Waals surface area (Å²) in [5.41, 5.74) is 5.75. The van der Waals surface area contributed by atoms with E-state index in [1.807, 2.05) is 0 Å². The predicted molar refractivity (Wildman–Crippen MR) is 70.6 cm³/mol. The highest BCUT2D eigenvalue weighted by Gasteiger charge is 2.21. The third-order valence-electron chi connectivity index (χ3n) is 3.98. The van der Waals surface area contributed by atoms with E-state index in [1.165, 1.54) is 45.3 Å². The fourth-order valence-corrected chi connectivity index (χ4v) is 2.51. The van der Waals surface area contributed by atoms with Crippen molar-refractivity contribution >= 4 is 0 Å². The van der Waals surface area contributed by atoms with E-state index >= 15 is 0 Å². The molecule has 1 saturated heterocycles. The molecule has 1 aliphatic heterocycles. The Morgan fingerprint density at radius 2 is 2.19 bits per heavy atom. The van der Waals surface area contributed by atoms with Gasteiger partial charge in [0.15, 0.2) is 0 Å². The van der Waals surface area contributed by atoms with Crippen LogP contribution in [0.25, 0.3) is 0 Å². The van der Waals surface area contributed by atoms with Crippen molar-refractivity contribution in [2.24, 2.45) is 11.7 Å². The van der Waals surface area contributed by atoms with Crippen molar-refractivity contribution in [2.45, 2.75) is 38.6 Å². The van der Waals surface area contributed by atoms with Crippen molar-refractivity contribution < 1.29 is 0 Å². The summed E-state index contributed by atoms with van der Waals surface area (Å²) in [6.45, 7) is 6.86. The zero-order chi connectivity index (χ0) is 12.0. The monoisotopic (exact) mass is 227 g/mol. The van der Waals surface area contributed by atoms with E-state index in [1.54, 1.807) is 0 Å². The lowest BCUT2D eigenvalue weighted by Crippen LogP contribution is -2.45. The van der Waals surface area contributed by atoms with E-state index in [4.69, 9.17) is 5.73 Å². The van der Waals surface area contributed by atoms with Crippen LogP contribution < -0.4 is 5.73 Å². The van der Waals surface area contributed by atoms with Crippen LogP contribution in [0.5, 0.6) is 0 Å². The van der Waals surface area contributed by atoms with Crippen LogP contribution in [0.15, 0.2) is 0 Å². The molecule has 0 amide bonds. The molecule has 1 aliphatic rings. The molecule has 1 rings (SSSR count). The summed E-state index contributed by atoms with van der Waals surface area (Å²) in [6, 6.07) is 0.756. The second-order valence-electron chi connectivity index (χ2n) is 5.36. The molecule has 0 aromatic rings. The first-order valence-corrected chi connectivity index (χ1v) is 6.76. The largest absolute Gasteiger partial charge is 0.330 e. The van der Waals surface area contributed by atoms with E-state index in [0.29, 0.717) is 0 Å². The van der Waals surface area contributed by atoms with E-state index in [9.17, 15) is 0 Å². The summed E-state index contributed by atoms with van der Waals surface area (Å²) >= 11 is 0. The Hall–Kier alpha value is -0.120. The summed E-state index contributed by atoms with van der Waals surface area (Å²) in [5.74, 6) is 0.722. The number of hydrogen-bond donors (Lipinski definition) is 1. The molecule has 0 bridgehead atoms. The average Bonchev–Trinajstić information content (AvgIpc) is 2.31. The van der Waals surface area contributed by atoms with Gasteiger partial charge in [-0.05, 0) is 58.9 Å². The highest BCUT2D eigenvalue weighted by Crippen LogP contribution is 2.15. The number of piperidine rings is 1. The number of likely N-dealkylation sites (N-methyl/N-ethyl adjacent to an activating group) is 1. The molecule has 0 spiro atoms. The highest BCUT2D eigenvalue weighted by molar-refractivity contribution is 4.78. The standard InChI is InChI=1S/C13H29N3/c1-4-12(10-14)7-9-16-8-5-6-13(11-16)15(2)3/h12-13H,4-11,14H2,1-3H3. The van der Waals surface area contributed by atoms with Crippen LogP contribution in [-0.2, 0) is 0 Å². The lowest BCUT2D eigenvalue weighted by Gasteiger charge is -2.36. The van der Waals surface area contributed by atoms with Gasteiger partial charge in [0.2, 0.25) is 0 Å². The number of rotatable bonds is 6. The summed E-state index contributed by atoms with van der Waals surface area (Å²) in [4.78, 5) is 4.99. The predicted octanol–water partition coefficient (Wildman–Crippen LogP) is 1.39. The van der Waals surface area contributed by atoms with Gasteiger partial charge in [0.05, 0.1) is 0 Å². The van der Waals surface area contributed by atoms with Crippen molar-refractivity contribution in [2.75, 3.05) is 40.3 Å². The molecular weight excluding hydrogens is 198 g/mol. The van der Waals surface area contributed by atoms with Gasteiger partial charge in [0, 0.05) is 12.6 Å². The fraction of sp³-hybridized carbons (Fsp3) is 1.00. The summed E-state index contributed by atoms with van der Waals surface area (Å²) in [7, 11) is 4.39. The van der Waals surface area contributed by atoms with Gasteiger partial charge in [-0.15, -0.1) is 0 Å². The first-order chi connectivity index (χ1) is 7.67. The molecule has 0 aromatic carbocycles. The van der Waals surface area contributed by atoms with Gasteiger partial charge in [0.1, 0.15) is 0 Å². The third-order valence-corrected chi connectivity index (χ3v) is 3.98. The van der Waals surface area contributed by atoms with Gasteiger partial charge in [-0.25, -0.2) is 0 Å². The van der Waals surface area contributed by atoms with E-state index in [2.05, 4.69) is 30.8 Å². The lowest BCUT2D eigenvalue weighted by atomic mass is 10.0. The first-order valence-electron chi connectivity index (χ1n) is 6.76. The molecule has 2 N–H and O–H groups in total. The molecule has 0 aromatic heterocycles. The Kier molecular flexibility index (Phi) is 6.32. The molecule has 1 fully saturated rings. The second-order valence-corrected chi connectivity index (χ2v) is 5.36. The van der Waals surface area contributed by atoms with Gasteiger partial charge in [-0.2, -0.15) is 0 Å². The molecular formula is C13H29N3. The average molecular weight is 227 g/mol. The van der Waals surface area contributed by atoms with Gasteiger partial charge >= 0.3 is 0 Å². The van der Waals surface area contributed by atoms with E-state index in [0.717, 1.165) is 18.5 Å². The van der Waals surface area contributed by atoms with Crippen molar-refractivity contribution in [1.29, 1.82) is 0 Å².